The Bertz CT molecular complexity index is 2020. The van der Waals surface area contributed by atoms with Gasteiger partial charge in [-0.05, 0) is 69.1 Å². The molecular weight excluding hydrogens is 1290 g/mol. The second-order valence-electron chi connectivity index (χ2n) is 29.5. The summed E-state index contributed by atoms with van der Waals surface area (Å²) in [5, 5.41) is 10.6. The Morgan fingerprint density at radius 3 is 0.818 bits per heavy atom. The first-order valence-electron chi connectivity index (χ1n) is 40.7. The number of esters is 4. The van der Waals surface area contributed by atoms with Crippen molar-refractivity contribution in [3.63, 3.8) is 0 Å². The van der Waals surface area contributed by atoms with E-state index in [9.17, 15) is 43.2 Å². The molecule has 0 fully saturated rings. The summed E-state index contributed by atoms with van der Waals surface area (Å²) in [5.41, 5.74) is 0. The predicted octanol–water partition coefficient (Wildman–Crippen LogP) is 23.3. The van der Waals surface area contributed by atoms with Crippen molar-refractivity contribution in [2.24, 2.45) is 17.8 Å². The van der Waals surface area contributed by atoms with E-state index in [0.29, 0.717) is 31.6 Å². The van der Waals surface area contributed by atoms with Crippen LogP contribution >= 0.6 is 15.6 Å². The zero-order chi connectivity index (χ0) is 73.0. The van der Waals surface area contributed by atoms with Gasteiger partial charge in [0.05, 0.1) is 26.4 Å². The third kappa shape index (κ3) is 73.6. The van der Waals surface area contributed by atoms with Gasteiger partial charge in [0.1, 0.15) is 19.3 Å². The average Bonchev–Trinajstić information content (AvgIpc) is 1.02. The normalized spacial score (nSPS) is 14.2. The first-order chi connectivity index (χ1) is 47.7. The quantitative estimate of drug-likeness (QED) is 0.0169. The average molecular weight is 1450 g/mol. The number of hydrogen-bond acceptors (Lipinski definition) is 15. The van der Waals surface area contributed by atoms with Gasteiger partial charge in [0, 0.05) is 25.7 Å². The largest absolute Gasteiger partial charge is 0.472 e. The molecule has 0 aliphatic rings. The SMILES string of the molecule is CCCCCC/C=C\C=C/CCCCCCCC(=O)O[C@H](COC(=O)CCCCCCCCCCCCCCC(C)C)COP(=O)(O)OCC(O)COP(=O)(O)OC[C@@H](COC(=O)CCCCCCCCCC(C)C)OC(=O)CCCCCCCCCCCCCCCCCCC(C)C. The summed E-state index contributed by atoms with van der Waals surface area (Å²) in [5.74, 6) is 0.147. The Hall–Kier alpha value is -2.46. The summed E-state index contributed by atoms with van der Waals surface area (Å²) in [6.07, 6.45) is 60.5. The van der Waals surface area contributed by atoms with Gasteiger partial charge in [-0.25, -0.2) is 9.13 Å². The van der Waals surface area contributed by atoms with Gasteiger partial charge in [-0.15, -0.1) is 0 Å². The fourth-order valence-corrected chi connectivity index (χ4v) is 13.3. The van der Waals surface area contributed by atoms with Gasteiger partial charge in [0.25, 0.3) is 0 Å². The highest BCUT2D eigenvalue weighted by Gasteiger charge is 2.30. The third-order valence-corrected chi connectivity index (χ3v) is 19.9. The van der Waals surface area contributed by atoms with Gasteiger partial charge in [-0.3, -0.25) is 37.3 Å². The van der Waals surface area contributed by atoms with Gasteiger partial charge in [-0.1, -0.05) is 336 Å². The molecule has 0 aromatic carbocycles. The first kappa shape index (κ1) is 96.5. The van der Waals surface area contributed by atoms with Crippen LogP contribution in [-0.2, 0) is 65.4 Å². The Labute approximate surface area is 605 Å². The topological polar surface area (TPSA) is 237 Å². The van der Waals surface area contributed by atoms with Gasteiger partial charge in [-0.2, -0.15) is 0 Å². The Kier molecular flexibility index (Phi) is 68.1. The monoisotopic (exact) mass is 1450 g/mol. The lowest BCUT2D eigenvalue weighted by atomic mass is 10.0. The lowest BCUT2D eigenvalue weighted by molar-refractivity contribution is -0.161. The van der Waals surface area contributed by atoms with Crippen LogP contribution in [0.4, 0.5) is 0 Å². The maximum Gasteiger partial charge on any atom is 0.472 e. The van der Waals surface area contributed by atoms with E-state index in [4.69, 9.17) is 37.0 Å². The van der Waals surface area contributed by atoms with E-state index in [-0.39, 0.29) is 25.7 Å². The number of rotatable bonds is 76. The van der Waals surface area contributed by atoms with E-state index < -0.39 is 97.5 Å². The van der Waals surface area contributed by atoms with Gasteiger partial charge >= 0.3 is 39.5 Å². The van der Waals surface area contributed by atoms with Crippen LogP contribution < -0.4 is 0 Å². The number of aliphatic hydroxyl groups excluding tert-OH is 1. The number of phosphoric ester groups is 2. The standard InChI is InChI=1S/C80H152O17P2/c1-8-9-10-11-12-13-14-15-18-22-29-34-41-49-56-63-79(84)96-75(67-90-77(82)61-54-47-40-33-28-25-24-27-32-38-45-52-59-72(4)5)69-94-98(86,87)92-65-74(81)66-93-99(88,89)95-70-76(68-91-78(83)62-55-48-43-36-39-46-53-60-73(6)7)97-80(85)64-57-50-42-35-30-23-20-17-16-19-21-26-31-37-44-51-58-71(2)3/h13-15,18,71-76,81H,8-12,16-17,19-70H2,1-7H3,(H,86,87)(H,88,89)/b14-13-,18-15-/t74?,75-,76-/m1/s1. The number of aliphatic hydroxyl groups is 1. The number of carbonyl (C=O) groups excluding carboxylic acids is 4. The number of carbonyl (C=O) groups is 4. The second-order valence-corrected chi connectivity index (χ2v) is 32.5. The molecule has 5 atom stereocenters. The lowest BCUT2D eigenvalue weighted by Gasteiger charge is -2.21. The van der Waals surface area contributed by atoms with E-state index in [1.807, 2.05) is 0 Å². The van der Waals surface area contributed by atoms with Crippen molar-refractivity contribution in [3.05, 3.63) is 24.3 Å². The molecule has 0 bridgehead atoms. The van der Waals surface area contributed by atoms with E-state index in [1.54, 1.807) is 0 Å². The molecule has 0 aliphatic heterocycles. The van der Waals surface area contributed by atoms with Crippen molar-refractivity contribution in [3.8, 4) is 0 Å². The van der Waals surface area contributed by atoms with Crippen LogP contribution in [0.15, 0.2) is 24.3 Å². The van der Waals surface area contributed by atoms with Gasteiger partial charge in [0.15, 0.2) is 12.2 Å². The minimum Gasteiger partial charge on any atom is -0.462 e. The highest BCUT2D eigenvalue weighted by molar-refractivity contribution is 7.47. The second kappa shape index (κ2) is 69.9. The first-order valence-corrected chi connectivity index (χ1v) is 43.7. The lowest BCUT2D eigenvalue weighted by Crippen LogP contribution is -2.30. The van der Waals surface area contributed by atoms with E-state index in [1.165, 1.54) is 180 Å². The number of phosphoric acid groups is 2. The minimum atomic E-state index is -4.97. The van der Waals surface area contributed by atoms with Crippen LogP contribution in [0.2, 0.25) is 0 Å². The van der Waals surface area contributed by atoms with Crippen molar-refractivity contribution in [2.45, 2.75) is 407 Å². The van der Waals surface area contributed by atoms with E-state index in [2.05, 4.69) is 72.8 Å². The van der Waals surface area contributed by atoms with Gasteiger partial charge < -0.3 is 33.8 Å². The molecule has 0 saturated heterocycles. The molecule has 17 nitrogen and oxygen atoms in total. The number of allylic oxidation sites excluding steroid dienone is 4. The predicted molar refractivity (Wildman–Crippen MR) is 404 cm³/mol. The summed E-state index contributed by atoms with van der Waals surface area (Å²) in [7, 11) is -9.93. The zero-order valence-electron chi connectivity index (χ0n) is 64.4. The Morgan fingerprint density at radius 1 is 0.313 bits per heavy atom. The molecule has 3 unspecified atom stereocenters. The molecule has 3 N–H and O–H groups in total. The number of hydrogen-bond donors (Lipinski definition) is 3. The Morgan fingerprint density at radius 2 is 0.545 bits per heavy atom. The van der Waals surface area contributed by atoms with Gasteiger partial charge in [0.2, 0.25) is 0 Å². The maximum atomic E-state index is 13.1. The molecule has 99 heavy (non-hydrogen) atoms. The number of unbranched alkanes of at least 4 members (excludes halogenated alkanes) is 41. The summed E-state index contributed by atoms with van der Waals surface area (Å²) in [6.45, 7) is 11.8. The van der Waals surface area contributed by atoms with Crippen LogP contribution in [0.3, 0.4) is 0 Å². The summed E-state index contributed by atoms with van der Waals surface area (Å²) in [6, 6.07) is 0. The van der Waals surface area contributed by atoms with Crippen LogP contribution in [0.25, 0.3) is 0 Å². The summed E-state index contributed by atoms with van der Waals surface area (Å²) >= 11 is 0. The molecule has 19 heteroatoms. The maximum absolute atomic E-state index is 13.1. The molecule has 0 aliphatic carbocycles. The van der Waals surface area contributed by atoms with Crippen molar-refractivity contribution in [1.82, 2.24) is 0 Å². The van der Waals surface area contributed by atoms with Crippen LogP contribution in [0.5, 0.6) is 0 Å². The summed E-state index contributed by atoms with van der Waals surface area (Å²) in [4.78, 5) is 72.9. The molecule has 0 rings (SSSR count). The van der Waals surface area contributed by atoms with E-state index in [0.717, 1.165) is 121 Å². The Balaban J connectivity index is 5.26. The molecule has 0 saturated carbocycles. The molecule has 0 aromatic heterocycles. The van der Waals surface area contributed by atoms with Crippen molar-refractivity contribution < 1.29 is 80.2 Å². The zero-order valence-corrected chi connectivity index (χ0v) is 66.2. The number of ether oxygens (including phenoxy) is 4. The fourth-order valence-electron chi connectivity index (χ4n) is 11.8. The molecule has 0 spiro atoms. The molecule has 584 valence electrons. The molecular formula is C80H152O17P2. The fraction of sp³-hybridized carbons (Fsp3) is 0.900. The minimum absolute atomic E-state index is 0.0848. The summed E-state index contributed by atoms with van der Waals surface area (Å²) < 4.78 is 68.6. The highest BCUT2D eigenvalue weighted by atomic mass is 31.2. The van der Waals surface area contributed by atoms with Crippen LogP contribution in [0.1, 0.15) is 389 Å². The molecule has 0 aromatic rings. The molecule has 0 amide bonds. The highest BCUT2D eigenvalue weighted by Crippen LogP contribution is 2.45. The van der Waals surface area contributed by atoms with Crippen LogP contribution in [0, 0.1) is 17.8 Å². The smallest absolute Gasteiger partial charge is 0.462 e. The van der Waals surface area contributed by atoms with Crippen molar-refractivity contribution in [1.29, 1.82) is 0 Å². The molecule has 0 heterocycles. The van der Waals surface area contributed by atoms with Crippen LogP contribution in [-0.4, -0.2) is 96.7 Å². The van der Waals surface area contributed by atoms with Crippen molar-refractivity contribution in [2.75, 3.05) is 39.6 Å². The third-order valence-electron chi connectivity index (χ3n) is 18.0. The van der Waals surface area contributed by atoms with E-state index >= 15 is 0 Å². The molecule has 0 radical (unpaired) electrons. The van der Waals surface area contributed by atoms with Crippen molar-refractivity contribution >= 4 is 39.5 Å².